The van der Waals surface area contributed by atoms with Gasteiger partial charge in [0, 0.05) is 19.3 Å². The van der Waals surface area contributed by atoms with E-state index in [0.29, 0.717) is 5.02 Å². The molecule has 4 nitrogen and oxygen atoms in total. The molecule has 1 N–H and O–H groups in total. The van der Waals surface area contributed by atoms with Gasteiger partial charge < -0.3 is 10.2 Å². The minimum Gasteiger partial charge on any atom is -0.366 e. The second-order valence-corrected chi connectivity index (χ2v) is 5.83. The van der Waals surface area contributed by atoms with E-state index < -0.39 is 0 Å². The summed E-state index contributed by atoms with van der Waals surface area (Å²) in [5.41, 5.74) is 3.70. The summed E-state index contributed by atoms with van der Waals surface area (Å²) in [7, 11) is 1.98. The zero-order chi connectivity index (χ0) is 16.8. The molecule has 23 heavy (non-hydrogen) atoms. The van der Waals surface area contributed by atoms with Crippen molar-refractivity contribution < 1.29 is 0 Å². The van der Waals surface area contributed by atoms with Gasteiger partial charge in [-0.15, -0.1) is 0 Å². The van der Waals surface area contributed by atoms with Crippen LogP contribution in [-0.2, 0) is 6.42 Å². The fourth-order valence-corrected chi connectivity index (χ4v) is 2.27. The molecule has 2 aromatic rings. The first-order valence-corrected chi connectivity index (χ1v) is 8.18. The normalized spacial score (nSPS) is 11.0. The molecule has 0 unspecified atom stereocenters. The van der Waals surface area contributed by atoms with Crippen molar-refractivity contribution >= 4 is 35.1 Å². The van der Waals surface area contributed by atoms with E-state index in [9.17, 15) is 0 Å². The minimum absolute atomic E-state index is 0.597. The van der Waals surface area contributed by atoms with Gasteiger partial charge in [0.1, 0.15) is 5.82 Å². The van der Waals surface area contributed by atoms with E-state index in [1.54, 1.807) is 6.34 Å². The second-order valence-electron chi connectivity index (χ2n) is 5.46. The third-order valence-electron chi connectivity index (χ3n) is 3.52. The van der Waals surface area contributed by atoms with Crippen molar-refractivity contribution in [3.63, 3.8) is 0 Å². The number of nitrogens with one attached hydrogen (secondary N) is 1. The molecule has 0 saturated heterocycles. The van der Waals surface area contributed by atoms with Gasteiger partial charge in [-0.1, -0.05) is 24.6 Å². The van der Waals surface area contributed by atoms with Gasteiger partial charge in [-0.05, 0) is 50.1 Å². The number of anilines is 2. The summed E-state index contributed by atoms with van der Waals surface area (Å²) in [6, 6.07) is 9.92. The Morgan fingerprint density at radius 3 is 2.78 bits per heavy atom. The molecule has 0 spiro atoms. The smallest absolute Gasteiger partial charge is 0.130 e. The van der Waals surface area contributed by atoms with Crippen LogP contribution in [0.25, 0.3) is 0 Å². The standard InChI is InChI=1S/C18H23ClN4/c1-5-14-8-7-9-17(21-14)22-16-11-13(3)10-15(18(16)19)20-12-23(4)6-2/h7-12H,5-6H2,1-4H3,(H,21,22)/b20-12-. The molecular weight excluding hydrogens is 308 g/mol. The second kappa shape index (κ2) is 7.97. The Kier molecular flexibility index (Phi) is 5.99. The number of benzene rings is 1. The number of aromatic nitrogens is 1. The number of rotatable bonds is 6. The molecule has 5 heteroatoms. The molecular formula is C18H23ClN4. The monoisotopic (exact) mass is 330 g/mol. The van der Waals surface area contributed by atoms with E-state index >= 15 is 0 Å². The van der Waals surface area contributed by atoms with Crippen molar-refractivity contribution in [1.82, 2.24) is 9.88 Å². The highest BCUT2D eigenvalue weighted by Crippen LogP contribution is 2.35. The van der Waals surface area contributed by atoms with Gasteiger partial charge in [-0.2, -0.15) is 0 Å². The quantitative estimate of drug-likeness (QED) is 0.601. The van der Waals surface area contributed by atoms with Crippen molar-refractivity contribution in [3.05, 3.63) is 46.6 Å². The Morgan fingerprint density at radius 2 is 2.09 bits per heavy atom. The van der Waals surface area contributed by atoms with Gasteiger partial charge >= 0.3 is 0 Å². The van der Waals surface area contributed by atoms with E-state index in [1.165, 1.54) is 0 Å². The van der Waals surface area contributed by atoms with Crippen LogP contribution in [0.5, 0.6) is 0 Å². The minimum atomic E-state index is 0.597. The average Bonchev–Trinajstić information content (AvgIpc) is 2.56. The lowest BCUT2D eigenvalue weighted by Crippen LogP contribution is -2.14. The molecule has 0 atom stereocenters. The van der Waals surface area contributed by atoms with Gasteiger partial charge in [0.25, 0.3) is 0 Å². The molecule has 0 amide bonds. The Labute approximate surface area is 143 Å². The third kappa shape index (κ3) is 4.70. The van der Waals surface area contributed by atoms with Crippen LogP contribution >= 0.6 is 11.6 Å². The van der Waals surface area contributed by atoms with Gasteiger partial charge in [0.2, 0.25) is 0 Å². The molecule has 1 aromatic carbocycles. The zero-order valence-corrected chi connectivity index (χ0v) is 14.9. The lowest BCUT2D eigenvalue weighted by molar-refractivity contribution is 0.552. The molecule has 0 bridgehead atoms. The largest absolute Gasteiger partial charge is 0.366 e. The molecule has 0 radical (unpaired) electrons. The topological polar surface area (TPSA) is 40.5 Å². The van der Waals surface area contributed by atoms with E-state index in [1.807, 2.05) is 49.2 Å². The molecule has 0 aliphatic rings. The first-order valence-electron chi connectivity index (χ1n) is 7.81. The molecule has 0 fully saturated rings. The predicted molar refractivity (Wildman–Crippen MR) is 99.5 cm³/mol. The van der Waals surface area contributed by atoms with Crippen LogP contribution in [-0.4, -0.2) is 29.8 Å². The Balaban J connectivity index is 2.31. The highest BCUT2D eigenvalue weighted by Gasteiger charge is 2.08. The predicted octanol–water partition coefficient (Wildman–Crippen LogP) is 4.96. The summed E-state index contributed by atoms with van der Waals surface area (Å²) in [4.78, 5) is 11.0. The summed E-state index contributed by atoms with van der Waals surface area (Å²) < 4.78 is 0. The van der Waals surface area contributed by atoms with E-state index in [2.05, 4.69) is 29.1 Å². The van der Waals surface area contributed by atoms with Gasteiger partial charge in [-0.25, -0.2) is 9.98 Å². The lowest BCUT2D eigenvalue weighted by Gasteiger charge is -2.13. The van der Waals surface area contributed by atoms with Crippen molar-refractivity contribution in [2.24, 2.45) is 4.99 Å². The van der Waals surface area contributed by atoms with E-state index in [4.69, 9.17) is 11.6 Å². The number of hydrogen-bond acceptors (Lipinski definition) is 3. The molecule has 0 saturated carbocycles. The SMILES string of the molecule is CCc1cccc(Nc2cc(C)cc(/N=C\N(C)CC)c2Cl)n1. The molecule has 0 aliphatic carbocycles. The number of pyridine rings is 1. The highest BCUT2D eigenvalue weighted by atomic mass is 35.5. The first-order chi connectivity index (χ1) is 11.0. The van der Waals surface area contributed by atoms with Gasteiger partial charge in [-0.3, -0.25) is 0 Å². The molecule has 1 heterocycles. The summed E-state index contributed by atoms with van der Waals surface area (Å²) in [5.74, 6) is 0.789. The fourth-order valence-electron chi connectivity index (χ4n) is 2.06. The van der Waals surface area contributed by atoms with Crippen LogP contribution in [0, 0.1) is 6.92 Å². The summed E-state index contributed by atoms with van der Waals surface area (Å²) in [6.07, 6.45) is 2.69. The Bertz CT molecular complexity index is 697. The number of hydrogen-bond donors (Lipinski definition) is 1. The molecule has 1 aromatic heterocycles. The van der Waals surface area contributed by atoms with E-state index in [0.717, 1.165) is 41.4 Å². The maximum atomic E-state index is 6.51. The van der Waals surface area contributed by atoms with Crippen LogP contribution in [0.2, 0.25) is 5.02 Å². The van der Waals surface area contributed by atoms with Crippen LogP contribution in [0.3, 0.4) is 0 Å². The average molecular weight is 331 g/mol. The van der Waals surface area contributed by atoms with Crippen LogP contribution in [0.15, 0.2) is 35.3 Å². The van der Waals surface area contributed by atoms with Crippen LogP contribution in [0.1, 0.15) is 25.1 Å². The van der Waals surface area contributed by atoms with Crippen molar-refractivity contribution in [2.45, 2.75) is 27.2 Å². The van der Waals surface area contributed by atoms with Crippen LogP contribution in [0.4, 0.5) is 17.2 Å². The fraction of sp³-hybridized carbons (Fsp3) is 0.333. The first kappa shape index (κ1) is 17.3. The van der Waals surface area contributed by atoms with Gasteiger partial charge in [0.05, 0.1) is 22.7 Å². The van der Waals surface area contributed by atoms with E-state index in [-0.39, 0.29) is 0 Å². The molecule has 2 rings (SSSR count). The Hall–Kier alpha value is -2.07. The molecule has 122 valence electrons. The number of nitrogens with zero attached hydrogens (tertiary/aromatic N) is 3. The number of aliphatic imine (C=N–C) groups is 1. The highest BCUT2D eigenvalue weighted by molar-refractivity contribution is 6.35. The molecule has 0 aliphatic heterocycles. The van der Waals surface area contributed by atoms with Crippen molar-refractivity contribution in [1.29, 1.82) is 0 Å². The maximum Gasteiger partial charge on any atom is 0.130 e. The summed E-state index contributed by atoms with van der Waals surface area (Å²) in [5, 5.41) is 3.90. The van der Waals surface area contributed by atoms with Crippen molar-refractivity contribution in [2.75, 3.05) is 18.9 Å². The maximum absolute atomic E-state index is 6.51. The number of aryl methyl sites for hydroxylation is 2. The van der Waals surface area contributed by atoms with Gasteiger partial charge in [0.15, 0.2) is 0 Å². The van der Waals surface area contributed by atoms with Crippen LogP contribution < -0.4 is 5.32 Å². The summed E-state index contributed by atoms with van der Waals surface area (Å²) >= 11 is 6.51. The number of halogens is 1. The zero-order valence-electron chi connectivity index (χ0n) is 14.1. The third-order valence-corrected chi connectivity index (χ3v) is 3.92. The Morgan fingerprint density at radius 1 is 1.30 bits per heavy atom. The summed E-state index contributed by atoms with van der Waals surface area (Å²) in [6.45, 7) is 7.08. The lowest BCUT2D eigenvalue weighted by atomic mass is 10.2. The van der Waals surface area contributed by atoms with Crippen molar-refractivity contribution in [3.8, 4) is 0 Å².